The maximum atomic E-state index is 9.29. The zero-order valence-electron chi connectivity index (χ0n) is 11.5. The molecule has 1 heterocycles. The predicted molar refractivity (Wildman–Crippen MR) is 76.1 cm³/mol. The minimum atomic E-state index is 0.265. The number of rotatable bonds is 3. The molecule has 0 amide bonds. The Hall–Kier alpha value is -1.06. The highest BCUT2D eigenvalue weighted by Crippen LogP contribution is 2.25. The highest BCUT2D eigenvalue weighted by molar-refractivity contribution is 5.54. The largest absolute Gasteiger partial charge is 0.396 e. The molecule has 0 bridgehead atoms. The Balaban J connectivity index is 2.24. The topological polar surface area (TPSA) is 26.7 Å². The van der Waals surface area contributed by atoms with E-state index in [1.165, 1.54) is 17.7 Å². The lowest BCUT2D eigenvalue weighted by Gasteiger charge is -2.33. The molecule has 18 heavy (non-hydrogen) atoms. The maximum absolute atomic E-state index is 9.29. The second-order valence-electron chi connectivity index (χ2n) is 5.26. The quantitative estimate of drug-likeness (QED) is 0.885. The highest BCUT2D eigenvalue weighted by atomic mass is 16.3. The minimum Gasteiger partial charge on any atom is -0.396 e. The minimum absolute atomic E-state index is 0.265. The van der Waals surface area contributed by atoms with E-state index in [0.717, 1.165) is 26.1 Å². The number of aliphatic hydroxyl groups excluding tert-OH is 1. The number of anilines is 1. The summed E-state index contributed by atoms with van der Waals surface area (Å²) in [5.41, 5.74) is 2.65. The van der Waals surface area contributed by atoms with Crippen molar-refractivity contribution in [2.24, 2.45) is 0 Å². The van der Waals surface area contributed by atoms with E-state index in [2.05, 4.69) is 48.0 Å². The van der Waals surface area contributed by atoms with Gasteiger partial charge in [-0.1, -0.05) is 18.2 Å². The number of benzene rings is 1. The van der Waals surface area contributed by atoms with Gasteiger partial charge in [-0.3, -0.25) is 0 Å². The lowest BCUT2D eigenvalue weighted by atomic mass is 10.1. The van der Waals surface area contributed by atoms with Crippen LogP contribution in [0.4, 0.5) is 5.69 Å². The van der Waals surface area contributed by atoms with E-state index >= 15 is 0 Å². The average molecular weight is 248 g/mol. The summed E-state index contributed by atoms with van der Waals surface area (Å²) in [4.78, 5) is 4.85. The summed E-state index contributed by atoms with van der Waals surface area (Å²) in [5.74, 6) is 0. The first kappa shape index (κ1) is 13.4. The first-order chi connectivity index (χ1) is 8.72. The Morgan fingerprint density at radius 3 is 2.78 bits per heavy atom. The fraction of sp³-hybridized carbons (Fsp3) is 0.600. The number of likely N-dealkylation sites (N-methyl/N-ethyl adjacent to an activating group) is 1. The van der Waals surface area contributed by atoms with Crippen LogP contribution in [0.1, 0.15) is 18.4 Å². The molecular weight excluding hydrogens is 224 g/mol. The molecule has 0 aromatic heterocycles. The molecular formula is C15H24N2O. The van der Waals surface area contributed by atoms with E-state index in [9.17, 15) is 5.11 Å². The van der Waals surface area contributed by atoms with Crippen LogP contribution in [0, 0.1) is 6.92 Å². The fourth-order valence-electron chi connectivity index (χ4n) is 2.84. The third-order valence-corrected chi connectivity index (χ3v) is 3.79. The summed E-state index contributed by atoms with van der Waals surface area (Å²) in [5, 5.41) is 9.29. The highest BCUT2D eigenvalue weighted by Gasteiger charge is 2.23. The van der Waals surface area contributed by atoms with E-state index in [1.54, 1.807) is 0 Å². The SMILES string of the molecule is Cc1ccccc1N1CCCN(C)CC1CCO. The van der Waals surface area contributed by atoms with Crippen molar-refractivity contribution in [1.82, 2.24) is 4.90 Å². The van der Waals surface area contributed by atoms with E-state index in [-0.39, 0.29) is 6.61 Å². The van der Waals surface area contributed by atoms with Gasteiger partial charge in [-0.15, -0.1) is 0 Å². The van der Waals surface area contributed by atoms with Crippen molar-refractivity contribution in [3.05, 3.63) is 29.8 Å². The molecule has 2 rings (SSSR count). The average Bonchev–Trinajstić information content (AvgIpc) is 2.52. The van der Waals surface area contributed by atoms with Gasteiger partial charge in [-0.25, -0.2) is 0 Å². The summed E-state index contributed by atoms with van der Waals surface area (Å²) >= 11 is 0. The van der Waals surface area contributed by atoms with Crippen LogP contribution < -0.4 is 4.90 Å². The molecule has 1 fully saturated rings. The summed E-state index contributed by atoms with van der Waals surface area (Å²) in [6.07, 6.45) is 2.03. The first-order valence-corrected chi connectivity index (χ1v) is 6.84. The van der Waals surface area contributed by atoms with Gasteiger partial charge >= 0.3 is 0 Å². The molecule has 1 unspecified atom stereocenters. The van der Waals surface area contributed by atoms with Crippen LogP contribution in [0.2, 0.25) is 0 Å². The number of nitrogens with zero attached hydrogens (tertiary/aromatic N) is 2. The maximum Gasteiger partial charge on any atom is 0.0451 e. The van der Waals surface area contributed by atoms with Crippen molar-refractivity contribution in [3.8, 4) is 0 Å². The molecule has 0 saturated carbocycles. The van der Waals surface area contributed by atoms with E-state index in [4.69, 9.17) is 0 Å². The second-order valence-corrected chi connectivity index (χ2v) is 5.26. The number of hydrogen-bond acceptors (Lipinski definition) is 3. The molecule has 0 aliphatic carbocycles. The van der Waals surface area contributed by atoms with Crippen molar-refractivity contribution in [2.45, 2.75) is 25.8 Å². The number of para-hydroxylation sites is 1. The van der Waals surface area contributed by atoms with Gasteiger partial charge in [0.25, 0.3) is 0 Å². The predicted octanol–water partition coefficient (Wildman–Crippen LogP) is 1.89. The van der Waals surface area contributed by atoms with Crippen molar-refractivity contribution in [2.75, 3.05) is 38.2 Å². The van der Waals surface area contributed by atoms with Crippen LogP contribution in [0.5, 0.6) is 0 Å². The molecule has 1 aromatic rings. The van der Waals surface area contributed by atoms with Gasteiger partial charge in [0, 0.05) is 31.4 Å². The lowest BCUT2D eigenvalue weighted by Crippen LogP contribution is -2.41. The third kappa shape index (κ3) is 3.03. The molecule has 1 aromatic carbocycles. The normalized spacial score (nSPS) is 21.9. The molecule has 1 saturated heterocycles. The van der Waals surface area contributed by atoms with Gasteiger partial charge in [0.2, 0.25) is 0 Å². The standard InChI is InChI=1S/C15H24N2O/c1-13-6-3-4-7-15(13)17-10-5-9-16(2)12-14(17)8-11-18/h3-4,6-7,14,18H,5,8-12H2,1-2H3. The summed E-state index contributed by atoms with van der Waals surface area (Å²) < 4.78 is 0. The zero-order valence-corrected chi connectivity index (χ0v) is 11.5. The molecule has 1 atom stereocenters. The van der Waals surface area contributed by atoms with Crippen molar-refractivity contribution in [3.63, 3.8) is 0 Å². The molecule has 1 aliphatic rings. The van der Waals surface area contributed by atoms with Gasteiger partial charge in [-0.05, 0) is 45.0 Å². The van der Waals surface area contributed by atoms with E-state index < -0.39 is 0 Å². The Bertz CT molecular complexity index is 381. The number of aliphatic hydroxyl groups is 1. The Labute approximate surface area is 110 Å². The molecule has 3 heteroatoms. The van der Waals surface area contributed by atoms with Gasteiger partial charge in [0.1, 0.15) is 0 Å². The van der Waals surface area contributed by atoms with Crippen LogP contribution in [-0.4, -0.2) is 49.3 Å². The van der Waals surface area contributed by atoms with Gasteiger partial charge in [0.05, 0.1) is 0 Å². The van der Waals surface area contributed by atoms with Crippen LogP contribution in [-0.2, 0) is 0 Å². The van der Waals surface area contributed by atoms with Gasteiger partial charge in [-0.2, -0.15) is 0 Å². The molecule has 0 spiro atoms. The van der Waals surface area contributed by atoms with Crippen molar-refractivity contribution in [1.29, 1.82) is 0 Å². The fourth-order valence-corrected chi connectivity index (χ4v) is 2.84. The molecule has 1 aliphatic heterocycles. The second kappa shape index (κ2) is 6.21. The van der Waals surface area contributed by atoms with Gasteiger partial charge < -0.3 is 14.9 Å². The monoisotopic (exact) mass is 248 g/mol. The van der Waals surface area contributed by atoms with Crippen LogP contribution in [0.25, 0.3) is 0 Å². The van der Waals surface area contributed by atoms with Crippen LogP contribution in [0.15, 0.2) is 24.3 Å². The van der Waals surface area contributed by atoms with E-state index in [0.29, 0.717) is 6.04 Å². The number of hydrogen-bond donors (Lipinski definition) is 1. The van der Waals surface area contributed by atoms with Crippen molar-refractivity contribution >= 4 is 5.69 Å². The molecule has 3 nitrogen and oxygen atoms in total. The summed E-state index contributed by atoms with van der Waals surface area (Å²) in [7, 11) is 2.17. The lowest BCUT2D eigenvalue weighted by molar-refractivity contribution is 0.253. The summed E-state index contributed by atoms with van der Waals surface area (Å²) in [6, 6.07) is 8.98. The summed E-state index contributed by atoms with van der Waals surface area (Å²) in [6.45, 7) is 5.69. The van der Waals surface area contributed by atoms with E-state index in [1.807, 2.05) is 0 Å². The molecule has 1 N–H and O–H groups in total. The third-order valence-electron chi connectivity index (χ3n) is 3.79. The van der Waals surface area contributed by atoms with Gasteiger partial charge in [0.15, 0.2) is 0 Å². The number of aryl methyl sites for hydroxylation is 1. The Morgan fingerprint density at radius 1 is 1.28 bits per heavy atom. The van der Waals surface area contributed by atoms with Crippen LogP contribution >= 0.6 is 0 Å². The van der Waals surface area contributed by atoms with Crippen LogP contribution in [0.3, 0.4) is 0 Å². The van der Waals surface area contributed by atoms with Crippen molar-refractivity contribution < 1.29 is 5.11 Å². The Kier molecular flexibility index (Phi) is 4.61. The first-order valence-electron chi connectivity index (χ1n) is 6.84. The Morgan fingerprint density at radius 2 is 2.06 bits per heavy atom. The zero-order chi connectivity index (χ0) is 13.0. The molecule has 0 radical (unpaired) electrons. The smallest absolute Gasteiger partial charge is 0.0451 e. The molecule has 100 valence electrons.